The maximum absolute atomic E-state index is 5.70. The molecule has 2 rings (SSSR count). The molecule has 19 heavy (non-hydrogen) atoms. The van der Waals surface area contributed by atoms with Crippen molar-refractivity contribution in [2.24, 2.45) is 0 Å². The number of rotatable bonds is 4. The molecule has 1 fully saturated rings. The summed E-state index contributed by atoms with van der Waals surface area (Å²) in [5.41, 5.74) is 5.70. The maximum atomic E-state index is 5.70. The highest BCUT2D eigenvalue weighted by Gasteiger charge is 2.21. The Morgan fingerprint density at radius 1 is 1.32 bits per heavy atom. The molecule has 106 valence electrons. The number of ether oxygens (including phenoxy) is 1. The molecule has 6 heteroatoms. The molecule has 0 saturated carbocycles. The molecule has 1 aromatic rings. The number of nitrogens with two attached hydrogens (primary N) is 1. The molecule has 0 amide bonds. The summed E-state index contributed by atoms with van der Waals surface area (Å²) in [7, 11) is 1.59. The molecule has 0 bridgehead atoms. The summed E-state index contributed by atoms with van der Waals surface area (Å²) >= 11 is 0. The van der Waals surface area contributed by atoms with Crippen LogP contribution in [0.1, 0.15) is 20.3 Å². The van der Waals surface area contributed by atoms with E-state index in [2.05, 4.69) is 33.6 Å². The Labute approximate surface area is 114 Å². The highest BCUT2D eigenvalue weighted by atomic mass is 16.5. The van der Waals surface area contributed by atoms with Gasteiger partial charge in [-0.05, 0) is 13.3 Å². The lowest BCUT2D eigenvalue weighted by Gasteiger charge is -2.38. The van der Waals surface area contributed by atoms with Crippen molar-refractivity contribution in [1.29, 1.82) is 0 Å². The third-order valence-corrected chi connectivity index (χ3v) is 3.77. The second-order valence-electron chi connectivity index (χ2n) is 4.91. The fourth-order valence-corrected chi connectivity index (χ4v) is 2.35. The quantitative estimate of drug-likeness (QED) is 0.875. The van der Waals surface area contributed by atoms with Crippen molar-refractivity contribution in [2.45, 2.75) is 26.3 Å². The largest absolute Gasteiger partial charge is 0.481 e. The van der Waals surface area contributed by atoms with Crippen LogP contribution in [0.15, 0.2) is 6.07 Å². The van der Waals surface area contributed by atoms with Crippen LogP contribution < -0.4 is 15.4 Å². The number of hydrogen-bond donors (Lipinski definition) is 1. The summed E-state index contributed by atoms with van der Waals surface area (Å²) in [4.78, 5) is 13.0. The van der Waals surface area contributed by atoms with E-state index in [1.807, 2.05) is 6.07 Å². The molecule has 0 spiro atoms. The smallest absolute Gasteiger partial charge is 0.225 e. The number of nitrogen functional groups attached to an aromatic ring is 1. The molecule has 0 aromatic carbocycles. The summed E-state index contributed by atoms with van der Waals surface area (Å²) < 4.78 is 5.14. The third kappa shape index (κ3) is 3.26. The fraction of sp³-hybridized carbons (Fsp3) is 0.692. The molecule has 2 N–H and O–H groups in total. The van der Waals surface area contributed by atoms with E-state index in [1.54, 1.807) is 7.11 Å². The van der Waals surface area contributed by atoms with E-state index in [0.29, 0.717) is 11.9 Å². The van der Waals surface area contributed by atoms with Gasteiger partial charge in [0.05, 0.1) is 7.11 Å². The molecule has 1 aliphatic rings. The SMILES string of the molecule is CCC(C)N1CCN(c2cc(OC)nc(N)n2)CC1. The van der Waals surface area contributed by atoms with Gasteiger partial charge in [0.25, 0.3) is 0 Å². The number of nitrogens with zero attached hydrogens (tertiary/aromatic N) is 4. The van der Waals surface area contributed by atoms with Gasteiger partial charge < -0.3 is 15.4 Å². The molecule has 1 aliphatic heterocycles. The van der Waals surface area contributed by atoms with Crippen LogP contribution in [-0.4, -0.2) is 54.2 Å². The van der Waals surface area contributed by atoms with Gasteiger partial charge in [0.2, 0.25) is 11.8 Å². The Balaban J connectivity index is 2.03. The monoisotopic (exact) mass is 265 g/mol. The van der Waals surface area contributed by atoms with Crippen molar-refractivity contribution in [1.82, 2.24) is 14.9 Å². The summed E-state index contributed by atoms with van der Waals surface area (Å²) in [5, 5.41) is 0. The number of piperazine rings is 1. The van der Waals surface area contributed by atoms with E-state index in [-0.39, 0.29) is 5.95 Å². The van der Waals surface area contributed by atoms with E-state index in [0.717, 1.165) is 32.0 Å². The zero-order valence-electron chi connectivity index (χ0n) is 12.0. The van der Waals surface area contributed by atoms with Crippen LogP contribution >= 0.6 is 0 Å². The lowest BCUT2D eigenvalue weighted by molar-refractivity contribution is 0.192. The Hall–Kier alpha value is -1.56. The van der Waals surface area contributed by atoms with Gasteiger partial charge in [-0.2, -0.15) is 9.97 Å². The molecule has 6 nitrogen and oxygen atoms in total. The second-order valence-corrected chi connectivity index (χ2v) is 4.91. The molecule has 1 saturated heterocycles. The average Bonchev–Trinajstić information content (AvgIpc) is 2.46. The molecule has 0 radical (unpaired) electrons. The first-order valence-corrected chi connectivity index (χ1v) is 6.81. The molecule has 0 aliphatic carbocycles. The maximum Gasteiger partial charge on any atom is 0.225 e. The Morgan fingerprint density at radius 2 is 2.00 bits per heavy atom. The molecule has 2 heterocycles. The first-order chi connectivity index (χ1) is 9.13. The summed E-state index contributed by atoms with van der Waals surface area (Å²) in [5.74, 6) is 1.64. The van der Waals surface area contributed by atoms with Crippen molar-refractivity contribution in [2.75, 3.05) is 43.9 Å². The minimum absolute atomic E-state index is 0.263. The van der Waals surface area contributed by atoms with Crippen molar-refractivity contribution in [3.05, 3.63) is 6.07 Å². The normalized spacial score (nSPS) is 18.4. The summed E-state index contributed by atoms with van der Waals surface area (Å²) in [6.45, 7) is 8.55. The first kappa shape index (κ1) is 13.9. The zero-order valence-corrected chi connectivity index (χ0v) is 12.0. The van der Waals surface area contributed by atoms with Gasteiger partial charge in [0.1, 0.15) is 5.82 Å². The average molecular weight is 265 g/mol. The third-order valence-electron chi connectivity index (χ3n) is 3.77. The van der Waals surface area contributed by atoms with E-state index >= 15 is 0 Å². The van der Waals surface area contributed by atoms with Crippen molar-refractivity contribution < 1.29 is 4.74 Å². The van der Waals surface area contributed by atoms with Crippen LogP contribution in [0.25, 0.3) is 0 Å². The standard InChI is InChI=1S/C13H23N5O/c1-4-10(2)17-5-7-18(8-6-17)11-9-12(19-3)16-13(14)15-11/h9-10H,4-8H2,1-3H3,(H2,14,15,16). The highest BCUT2D eigenvalue weighted by Crippen LogP contribution is 2.20. The Morgan fingerprint density at radius 3 is 2.58 bits per heavy atom. The van der Waals surface area contributed by atoms with Gasteiger partial charge >= 0.3 is 0 Å². The van der Waals surface area contributed by atoms with Gasteiger partial charge in [-0.1, -0.05) is 6.92 Å². The predicted molar refractivity (Wildman–Crippen MR) is 76.5 cm³/mol. The molecular formula is C13H23N5O. The minimum Gasteiger partial charge on any atom is -0.481 e. The molecular weight excluding hydrogens is 242 g/mol. The summed E-state index contributed by atoms with van der Waals surface area (Å²) in [6.07, 6.45) is 1.19. The topological polar surface area (TPSA) is 67.5 Å². The van der Waals surface area contributed by atoms with Gasteiger partial charge in [0, 0.05) is 38.3 Å². The van der Waals surface area contributed by atoms with E-state index in [4.69, 9.17) is 10.5 Å². The van der Waals surface area contributed by atoms with Crippen molar-refractivity contribution in [3.8, 4) is 5.88 Å². The van der Waals surface area contributed by atoms with Crippen LogP contribution in [0.5, 0.6) is 5.88 Å². The van der Waals surface area contributed by atoms with Crippen molar-refractivity contribution in [3.63, 3.8) is 0 Å². The Bertz CT molecular complexity index is 417. The Kier molecular flexibility index (Phi) is 4.42. The number of methoxy groups -OCH3 is 1. The number of hydrogen-bond acceptors (Lipinski definition) is 6. The molecule has 1 atom stereocenters. The van der Waals surface area contributed by atoms with E-state index in [9.17, 15) is 0 Å². The molecule has 1 aromatic heterocycles. The molecule has 1 unspecified atom stereocenters. The van der Waals surface area contributed by atoms with Gasteiger partial charge in [0.15, 0.2) is 0 Å². The summed E-state index contributed by atoms with van der Waals surface area (Å²) in [6, 6.07) is 2.49. The lowest BCUT2D eigenvalue weighted by atomic mass is 10.2. The first-order valence-electron chi connectivity index (χ1n) is 6.81. The number of aromatic nitrogens is 2. The second kappa shape index (κ2) is 6.06. The predicted octanol–water partition coefficient (Wildman–Crippen LogP) is 0.988. The zero-order chi connectivity index (χ0) is 13.8. The van der Waals surface area contributed by atoms with E-state index in [1.165, 1.54) is 6.42 Å². The van der Waals surface area contributed by atoms with Crippen LogP contribution in [-0.2, 0) is 0 Å². The van der Waals surface area contributed by atoms with Gasteiger partial charge in [-0.3, -0.25) is 4.90 Å². The number of anilines is 2. The van der Waals surface area contributed by atoms with Crippen LogP contribution in [0.3, 0.4) is 0 Å². The lowest BCUT2D eigenvalue weighted by Crippen LogP contribution is -2.49. The fourth-order valence-electron chi connectivity index (χ4n) is 2.35. The van der Waals surface area contributed by atoms with Crippen molar-refractivity contribution >= 4 is 11.8 Å². The van der Waals surface area contributed by atoms with Crippen LogP contribution in [0.4, 0.5) is 11.8 Å². The van der Waals surface area contributed by atoms with E-state index < -0.39 is 0 Å². The van der Waals surface area contributed by atoms with Crippen LogP contribution in [0, 0.1) is 0 Å². The van der Waals surface area contributed by atoms with Crippen LogP contribution in [0.2, 0.25) is 0 Å². The minimum atomic E-state index is 0.263. The van der Waals surface area contributed by atoms with Gasteiger partial charge in [-0.25, -0.2) is 0 Å². The highest BCUT2D eigenvalue weighted by molar-refractivity contribution is 5.45. The van der Waals surface area contributed by atoms with Gasteiger partial charge in [-0.15, -0.1) is 0 Å².